The van der Waals surface area contributed by atoms with Gasteiger partial charge in [0.1, 0.15) is 0 Å². The van der Waals surface area contributed by atoms with Crippen molar-refractivity contribution in [3.63, 3.8) is 0 Å². The highest BCUT2D eigenvalue weighted by Crippen LogP contribution is 2.71. The molecule has 4 unspecified atom stereocenters. The molecule has 4 aliphatic heterocycles. The minimum absolute atomic E-state index is 0.00705. The van der Waals surface area contributed by atoms with Gasteiger partial charge in [-0.3, -0.25) is 9.97 Å². The Hall–Kier alpha value is -3.94. The van der Waals surface area contributed by atoms with Crippen LogP contribution in [0.1, 0.15) is 165 Å². The van der Waals surface area contributed by atoms with Gasteiger partial charge < -0.3 is 19.7 Å². The lowest BCUT2D eigenvalue weighted by molar-refractivity contribution is -0.140. The van der Waals surface area contributed by atoms with Gasteiger partial charge >= 0.3 is 0 Å². The van der Waals surface area contributed by atoms with E-state index in [1.807, 2.05) is 24.8 Å². The van der Waals surface area contributed by atoms with Gasteiger partial charge in [-0.2, -0.15) is 0 Å². The predicted octanol–water partition coefficient (Wildman–Crippen LogP) is 13.5. The maximum Gasteiger partial charge on any atom is 0.0974 e. The number of hydrogen-bond acceptors (Lipinski definition) is 6. The molecule has 358 valence electrons. The van der Waals surface area contributed by atoms with E-state index in [1.54, 1.807) is 16.7 Å². The number of pyridine rings is 2. The molecule has 2 aromatic carbocycles. The molecule has 6 heteroatoms. The monoisotopic (exact) mass is 919 g/mol. The number of benzene rings is 2. The van der Waals surface area contributed by atoms with Gasteiger partial charge in [0.05, 0.1) is 22.4 Å². The predicted molar refractivity (Wildman–Crippen MR) is 276 cm³/mol. The van der Waals surface area contributed by atoms with Crippen molar-refractivity contribution in [2.75, 3.05) is 7.05 Å². The molecule has 2 saturated heterocycles. The average Bonchev–Trinajstić information content (AvgIpc) is 4.28. The third kappa shape index (κ3) is 6.29. The zero-order valence-corrected chi connectivity index (χ0v) is 41.7. The number of aromatic nitrogens is 2. The minimum atomic E-state index is -0.0519. The van der Waals surface area contributed by atoms with Gasteiger partial charge in [-0.1, -0.05) is 62.4 Å². The van der Waals surface area contributed by atoms with E-state index in [1.165, 1.54) is 167 Å². The molecule has 4 aromatic rings. The van der Waals surface area contributed by atoms with E-state index in [9.17, 15) is 0 Å². The van der Waals surface area contributed by atoms with Crippen molar-refractivity contribution in [3.05, 3.63) is 131 Å². The number of ether oxygens (including phenoxy) is 2. The Bertz CT molecular complexity index is 2910. The Morgan fingerprint density at radius 3 is 1.65 bits per heavy atom. The molecule has 12 atom stereocenters. The van der Waals surface area contributed by atoms with E-state index in [4.69, 9.17) is 9.47 Å². The molecule has 8 aliphatic carbocycles. The molecule has 6 nitrogen and oxygen atoms in total. The number of rotatable bonds is 6. The number of allylic oxidation sites excluding steroid dienone is 2. The first kappa shape index (κ1) is 42.7. The van der Waals surface area contributed by atoms with E-state index in [2.05, 4.69) is 114 Å². The number of fused-ring (bicyclic) bond motifs is 4. The fraction of sp³-hybridized carbons (Fsp3) is 0.587. The molecule has 69 heavy (non-hydrogen) atoms. The van der Waals surface area contributed by atoms with E-state index in [0.717, 1.165) is 12.1 Å². The van der Waals surface area contributed by atoms with Crippen molar-refractivity contribution in [2.45, 2.75) is 201 Å². The van der Waals surface area contributed by atoms with Crippen LogP contribution in [0.5, 0.6) is 0 Å². The van der Waals surface area contributed by atoms with Gasteiger partial charge in [0.2, 0.25) is 0 Å². The fourth-order valence-electron chi connectivity index (χ4n) is 18.4. The Kier molecular flexibility index (Phi) is 9.32. The molecule has 0 radical (unpaired) electrons. The second-order valence-electron chi connectivity index (χ2n) is 25.6. The molecule has 12 aliphatic rings. The molecule has 8 fully saturated rings. The summed E-state index contributed by atoms with van der Waals surface area (Å²) in [6.07, 6.45) is 43.6. The van der Waals surface area contributed by atoms with E-state index >= 15 is 0 Å². The van der Waals surface area contributed by atoms with Crippen LogP contribution in [0.15, 0.2) is 120 Å². The molecule has 6 saturated carbocycles. The topological polar surface area (TPSA) is 59.5 Å². The SMILES string of the molecule is CN(C1CC1)[C@H]1CCC2=CC3=CC[C@]4(C)C(c5ccc6ccncc6c5)CC[C@H]4C34CC[C@]2(C1)O4.C[C@]12CC=C3C=C4CC[C@H](NC5CC5)C[C@]45CCC3(O5)[C@@H]1CCC2c1ccc2ccncc2c1. The quantitative estimate of drug-likeness (QED) is 0.208. The van der Waals surface area contributed by atoms with Crippen LogP contribution in [-0.4, -0.2) is 68.5 Å². The van der Waals surface area contributed by atoms with Crippen molar-refractivity contribution < 1.29 is 9.47 Å². The standard InChI is InChI=1S/C32H38N2O.C31H36N2O/c1-30-13-11-25-18-24-5-6-27(34(2)26-7-8-26)19-31(24)14-15-32(25,35-31)29(30)10-9-28(30)22-4-3-21-12-16-33-20-23(21)17-22;1-29-12-10-24-17-23-4-5-26(33-25-6-7-25)18-30(23)13-14-31(24,34-30)28(29)9-8-27(29)21-3-2-20-11-15-32-19-22(20)16-21/h3-4,11-12,16-18,20,26-29H,5-10,13-15,19H2,1-2H3;2-3,10-11,15-17,19,25-28,33H,4-9,12-14,18H2,1H3/t27-,28?,29+,30+,31+,32?;26-,27?,28+,29+,30+,31?/m00/s1. The number of nitrogens with one attached hydrogen (secondary N) is 1. The average molecular weight is 919 g/mol. The summed E-state index contributed by atoms with van der Waals surface area (Å²) in [6.45, 7) is 5.17. The fourth-order valence-corrected chi connectivity index (χ4v) is 18.4. The van der Waals surface area contributed by atoms with Gasteiger partial charge in [-0.05, 0) is 238 Å². The molecule has 6 heterocycles. The van der Waals surface area contributed by atoms with E-state index in [0.29, 0.717) is 35.8 Å². The second kappa shape index (κ2) is 15.1. The minimum Gasteiger partial charge on any atom is -0.359 e. The Morgan fingerprint density at radius 1 is 0.551 bits per heavy atom. The van der Waals surface area contributed by atoms with Crippen LogP contribution < -0.4 is 5.32 Å². The summed E-state index contributed by atoms with van der Waals surface area (Å²) in [4.78, 5) is 11.5. The van der Waals surface area contributed by atoms with Crippen molar-refractivity contribution in [1.29, 1.82) is 0 Å². The maximum atomic E-state index is 7.52. The zero-order valence-electron chi connectivity index (χ0n) is 41.7. The smallest absolute Gasteiger partial charge is 0.0974 e. The van der Waals surface area contributed by atoms with Crippen LogP contribution in [0.4, 0.5) is 0 Å². The van der Waals surface area contributed by atoms with Crippen molar-refractivity contribution >= 4 is 21.5 Å². The summed E-state index contributed by atoms with van der Waals surface area (Å²) in [5.74, 6) is 2.41. The van der Waals surface area contributed by atoms with Gasteiger partial charge in [0, 0.05) is 59.7 Å². The normalized spacial score (nSPS) is 42.2. The third-order valence-electron chi connectivity index (χ3n) is 22.2. The van der Waals surface area contributed by atoms with Crippen LogP contribution in [0.2, 0.25) is 0 Å². The summed E-state index contributed by atoms with van der Waals surface area (Å²) in [7, 11) is 2.38. The molecular weight excluding hydrogens is 845 g/mol. The molecular formula is C63H74N4O2. The highest BCUT2D eigenvalue weighted by Gasteiger charge is 2.68. The molecule has 4 spiro atoms. The number of hydrogen-bond donors (Lipinski definition) is 1. The van der Waals surface area contributed by atoms with E-state index < -0.39 is 0 Å². The van der Waals surface area contributed by atoms with Crippen molar-refractivity contribution in [3.8, 4) is 0 Å². The zero-order chi connectivity index (χ0) is 46.0. The lowest BCUT2D eigenvalue weighted by atomic mass is 9.58. The van der Waals surface area contributed by atoms with Gasteiger partial charge in [-0.15, -0.1) is 0 Å². The molecule has 4 bridgehead atoms. The Balaban J connectivity index is 0.000000125. The Morgan fingerprint density at radius 2 is 1.10 bits per heavy atom. The first-order valence-electron chi connectivity index (χ1n) is 28.0. The highest BCUT2D eigenvalue weighted by atomic mass is 16.5. The molecule has 0 amide bonds. The highest BCUT2D eigenvalue weighted by molar-refractivity contribution is 5.83. The summed E-state index contributed by atoms with van der Waals surface area (Å²) in [5, 5.41) is 9.08. The summed E-state index contributed by atoms with van der Waals surface area (Å²) >= 11 is 0. The number of nitrogens with zero attached hydrogens (tertiary/aromatic N) is 3. The van der Waals surface area contributed by atoms with E-state index in [-0.39, 0.29) is 33.2 Å². The van der Waals surface area contributed by atoms with Crippen molar-refractivity contribution in [2.24, 2.45) is 22.7 Å². The van der Waals surface area contributed by atoms with Crippen LogP contribution in [0.25, 0.3) is 21.5 Å². The van der Waals surface area contributed by atoms with Gasteiger partial charge in [0.25, 0.3) is 0 Å². The Labute approximate surface area is 410 Å². The van der Waals surface area contributed by atoms with Gasteiger partial charge in [0.15, 0.2) is 0 Å². The molecule has 1 N–H and O–H groups in total. The van der Waals surface area contributed by atoms with Crippen LogP contribution in [0, 0.1) is 22.7 Å². The largest absolute Gasteiger partial charge is 0.359 e. The summed E-state index contributed by atoms with van der Waals surface area (Å²) < 4.78 is 15.0. The maximum absolute atomic E-state index is 7.52. The second-order valence-corrected chi connectivity index (χ2v) is 25.6. The lowest BCUT2D eigenvalue weighted by Gasteiger charge is -2.55. The van der Waals surface area contributed by atoms with Crippen molar-refractivity contribution in [1.82, 2.24) is 20.2 Å². The molecule has 16 rings (SSSR count). The van der Waals surface area contributed by atoms with Crippen LogP contribution in [0.3, 0.4) is 0 Å². The first-order chi connectivity index (χ1) is 33.6. The summed E-state index contributed by atoms with van der Waals surface area (Å²) in [6, 6.07) is 21.4. The first-order valence-corrected chi connectivity index (χ1v) is 28.0. The third-order valence-corrected chi connectivity index (χ3v) is 22.2. The lowest BCUT2D eigenvalue weighted by Crippen LogP contribution is -2.55. The van der Waals surface area contributed by atoms with Crippen LogP contribution >= 0.6 is 0 Å². The molecule has 2 aromatic heterocycles. The van der Waals surface area contributed by atoms with Gasteiger partial charge in [-0.25, -0.2) is 0 Å². The summed E-state index contributed by atoms with van der Waals surface area (Å²) in [5.41, 5.74) is 9.76. The van der Waals surface area contributed by atoms with Crippen LogP contribution in [-0.2, 0) is 9.47 Å².